The zero-order chi connectivity index (χ0) is 41.3. The fraction of sp³-hybridized carbons (Fsp3) is 1.00. The van der Waals surface area contributed by atoms with Crippen LogP contribution in [0.4, 0.5) is 0 Å². The molecule has 0 amide bonds. The van der Waals surface area contributed by atoms with Crippen LogP contribution >= 0.6 is 0 Å². The molecule has 0 aliphatic carbocycles. The molecule has 26 nitrogen and oxygen atoms in total. The Morgan fingerprint density at radius 2 is 0.571 bits per heavy atom. The highest BCUT2D eigenvalue weighted by Gasteiger charge is 2.56. The quantitative estimate of drug-likeness (QED) is 0.0819. The molecule has 0 aromatic carbocycles. The summed E-state index contributed by atoms with van der Waals surface area (Å²) < 4.78 is 49.1. The van der Waals surface area contributed by atoms with Crippen LogP contribution in [0.25, 0.3) is 0 Å². The lowest BCUT2D eigenvalue weighted by atomic mass is 9.95. The van der Waals surface area contributed by atoms with E-state index >= 15 is 0 Å². The topological polar surface area (TPSA) is 427 Å². The van der Waals surface area contributed by atoms with Gasteiger partial charge < -0.3 is 129 Å². The average Bonchev–Trinajstić information content (AvgIpc) is 3.19. The first-order chi connectivity index (χ1) is 26.5. The molecule has 56 heavy (non-hydrogen) atoms. The molecule has 26 heteroatoms. The van der Waals surface area contributed by atoms with Crippen LogP contribution in [0.3, 0.4) is 0 Å². The van der Waals surface area contributed by atoms with E-state index in [4.69, 9.17) is 42.6 Å². The summed E-state index contributed by atoms with van der Waals surface area (Å²) in [6.07, 6.45) is -46.6. The first-order valence-corrected chi connectivity index (χ1v) is 17.6. The first kappa shape index (κ1) is 46.0. The first-order valence-electron chi connectivity index (χ1n) is 17.6. The van der Waals surface area contributed by atoms with Crippen molar-refractivity contribution in [2.24, 2.45) is 0 Å². The minimum Gasteiger partial charge on any atom is -0.394 e. The number of hydrogen-bond acceptors (Lipinski definition) is 26. The Kier molecular flexibility index (Phi) is 16.1. The Balaban J connectivity index is 1.30. The van der Waals surface area contributed by atoms with Crippen molar-refractivity contribution in [2.45, 2.75) is 154 Å². The summed E-state index contributed by atoms with van der Waals surface area (Å²) in [5.41, 5.74) is 0. The molecule has 0 unspecified atom stereocenters. The number of ether oxygens (including phenoxy) is 9. The Hall–Kier alpha value is -1.04. The van der Waals surface area contributed by atoms with Gasteiger partial charge in [-0.1, -0.05) is 0 Å². The minimum absolute atomic E-state index is 0.846. The van der Waals surface area contributed by atoms with E-state index in [-0.39, 0.29) is 0 Å². The zero-order valence-electron chi connectivity index (χ0n) is 29.2. The van der Waals surface area contributed by atoms with E-state index in [9.17, 15) is 86.8 Å². The number of aliphatic hydroxyl groups is 17. The summed E-state index contributed by atoms with van der Waals surface area (Å²) in [6, 6.07) is 0. The van der Waals surface area contributed by atoms with Gasteiger partial charge in [-0.3, -0.25) is 0 Å². The molecule has 5 aliphatic heterocycles. The second-order valence-electron chi connectivity index (χ2n) is 13.9. The largest absolute Gasteiger partial charge is 0.394 e. The SMILES string of the molecule is OC[C@H]1O[C@H](O[C@H]2[C@@H](O)[C@@H](CO)O[C@H](O[C@H]3[C@@H](O)[C@@H](CO)O[C@H](O[C@@H]4[C@H](O)[C@@H](O)[C@H](O[C@H]5[C@H](O)[C@@H](O)[C@H](O)O[C@@H]5CO)O[C@@H]4CO)[C@@H]3O)[C@@H]2O)[C@H](O)[C@@H](O)[C@H]1O. The van der Waals surface area contributed by atoms with Crippen LogP contribution < -0.4 is 0 Å². The van der Waals surface area contributed by atoms with Crippen molar-refractivity contribution in [3.63, 3.8) is 0 Å². The van der Waals surface area contributed by atoms with Crippen LogP contribution in [-0.4, -0.2) is 273 Å². The van der Waals surface area contributed by atoms with Gasteiger partial charge in [0.25, 0.3) is 0 Å². The molecule has 5 heterocycles. The minimum atomic E-state index is -2.14. The van der Waals surface area contributed by atoms with Crippen molar-refractivity contribution in [3.8, 4) is 0 Å². The van der Waals surface area contributed by atoms with Crippen molar-refractivity contribution < 1.29 is 129 Å². The standard InChI is InChI=1S/C30H52O26/c31-1-6-11(36)14(39)18(43)27(49-6)55-24-12(37)8(3-33)51-30(21(24)46)56-25-13(38)7(2-32)50-29(20(25)45)54-23-10(5-35)52-28(19(44)16(23)41)53-22-9(4-34)48-26(47)17(42)15(22)40/h6-47H,1-5H2/t6-,7-,8-,9-,10-,11+,12+,13+,14+,15-,16-,17-,18-,19-,20-,21-,22-,23+,24+,25+,26-,27-,28+,29-,30-/m1/s1. The summed E-state index contributed by atoms with van der Waals surface area (Å²) >= 11 is 0. The van der Waals surface area contributed by atoms with Gasteiger partial charge in [0.05, 0.1) is 33.0 Å². The van der Waals surface area contributed by atoms with Gasteiger partial charge in [-0.25, -0.2) is 0 Å². The van der Waals surface area contributed by atoms with Crippen molar-refractivity contribution in [1.29, 1.82) is 0 Å². The summed E-state index contributed by atoms with van der Waals surface area (Å²) in [5, 5.41) is 176. The van der Waals surface area contributed by atoms with Crippen molar-refractivity contribution >= 4 is 0 Å². The molecule has 0 spiro atoms. The molecule has 5 saturated heterocycles. The van der Waals surface area contributed by atoms with Gasteiger partial charge in [0.1, 0.15) is 122 Å². The van der Waals surface area contributed by atoms with Gasteiger partial charge in [-0.15, -0.1) is 0 Å². The maximum atomic E-state index is 11.3. The summed E-state index contributed by atoms with van der Waals surface area (Å²) in [6.45, 7) is -4.58. The zero-order valence-corrected chi connectivity index (χ0v) is 29.2. The normalized spacial score (nSPS) is 53.2. The second-order valence-corrected chi connectivity index (χ2v) is 13.9. The third-order valence-corrected chi connectivity index (χ3v) is 10.3. The predicted octanol–water partition coefficient (Wildman–Crippen LogP) is -11.9. The molecule has 5 rings (SSSR count). The van der Waals surface area contributed by atoms with Gasteiger partial charge in [0, 0.05) is 0 Å². The predicted molar refractivity (Wildman–Crippen MR) is 167 cm³/mol. The van der Waals surface area contributed by atoms with E-state index in [0.717, 1.165) is 0 Å². The monoisotopic (exact) mass is 828 g/mol. The summed E-state index contributed by atoms with van der Waals surface area (Å²) in [4.78, 5) is 0. The fourth-order valence-electron chi connectivity index (χ4n) is 7.02. The van der Waals surface area contributed by atoms with Crippen LogP contribution in [0.15, 0.2) is 0 Å². The highest BCUT2D eigenvalue weighted by Crippen LogP contribution is 2.35. The number of rotatable bonds is 13. The molecular weight excluding hydrogens is 776 g/mol. The van der Waals surface area contributed by atoms with E-state index in [0.29, 0.717) is 0 Å². The van der Waals surface area contributed by atoms with Crippen LogP contribution in [0.2, 0.25) is 0 Å². The molecule has 5 aliphatic rings. The Bertz CT molecular complexity index is 1200. The second kappa shape index (κ2) is 19.6. The number of aliphatic hydroxyl groups excluding tert-OH is 17. The average molecular weight is 829 g/mol. The van der Waals surface area contributed by atoms with Gasteiger partial charge in [0.2, 0.25) is 0 Å². The molecule has 17 N–H and O–H groups in total. The van der Waals surface area contributed by atoms with Crippen molar-refractivity contribution in [2.75, 3.05) is 33.0 Å². The Morgan fingerprint density at radius 3 is 0.982 bits per heavy atom. The van der Waals surface area contributed by atoms with Gasteiger partial charge >= 0.3 is 0 Å². The third kappa shape index (κ3) is 9.16. The lowest BCUT2D eigenvalue weighted by Crippen LogP contribution is -2.68. The number of hydrogen-bond donors (Lipinski definition) is 17. The molecule has 0 bridgehead atoms. The summed E-state index contributed by atoms with van der Waals surface area (Å²) in [5.74, 6) is 0. The molecule has 25 atom stereocenters. The molecule has 0 aromatic heterocycles. The van der Waals surface area contributed by atoms with E-state index < -0.39 is 187 Å². The lowest BCUT2D eigenvalue weighted by molar-refractivity contribution is -0.394. The van der Waals surface area contributed by atoms with Crippen molar-refractivity contribution in [1.82, 2.24) is 0 Å². The van der Waals surface area contributed by atoms with E-state index in [1.807, 2.05) is 0 Å². The smallest absolute Gasteiger partial charge is 0.187 e. The van der Waals surface area contributed by atoms with E-state index in [2.05, 4.69) is 0 Å². The molecule has 5 fully saturated rings. The van der Waals surface area contributed by atoms with Crippen LogP contribution in [0.5, 0.6) is 0 Å². The maximum Gasteiger partial charge on any atom is 0.187 e. The lowest BCUT2D eigenvalue weighted by Gasteiger charge is -2.49. The molecule has 0 aromatic rings. The van der Waals surface area contributed by atoms with Crippen LogP contribution in [0, 0.1) is 0 Å². The van der Waals surface area contributed by atoms with Crippen LogP contribution in [0.1, 0.15) is 0 Å². The van der Waals surface area contributed by atoms with Gasteiger partial charge in [0.15, 0.2) is 31.5 Å². The van der Waals surface area contributed by atoms with Gasteiger partial charge in [-0.2, -0.15) is 0 Å². The highest BCUT2D eigenvalue weighted by atomic mass is 16.8. The maximum absolute atomic E-state index is 11.3. The Labute approximate surface area is 316 Å². The van der Waals surface area contributed by atoms with Gasteiger partial charge in [-0.05, 0) is 0 Å². The van der Waals surface area contributed by atoms with E-state index in [1.165, 1.54) is 0 Å². The fourth-order valence-corrected chi connectivity index (χ4v) is 7.02. The molecule has 0 radical (unpaired) electrons. The van der Waals surface area contributed by atoms with E-state index in [1.54, 1.807) is 0 Å². The Morgan fingerprint density at radius 1 is 0.268 bits per heavy atom. The summed E-state index contributed by atoms with van der Waals surface area (Å²) in [7, 11) is 0. The highest BCUT2D eigenvalue weighted by molar-refractivity contribution is 4.99. The van der Waals surface area contributed by atoms with Crippen molar-refractivity contribution in [3.05, 3.63) is 0 Å². The molecule has 0 saturated carbocycles. The molecule has 328 valence electrons. The van der Waals surface area contributed by atoms with Crippen LogP contribution in [-0.2, 0) is 42.6 Å². The third-order valence-electron chi connectivity index (χ3n) is 10.3. The molecular formula is C30H52O26.